The van der Waals surface area contributed by atoms with Crippen LogP contribution >= 0.6 is 27.3 Å². The van der Waals surface area contributed by atoms with E-state index in [4.69, 9.17) is 9.15 Å². The second kappa shape index (κ2) is 6.29. The van der Waals surface area contributed by atoms with Crippen molar-refractivity contribution in [3.63, 3.8) is 0 Å². The van der Waals surface area contributed by atoms with Crippen LogP contribution in [0.5, 0.6) is 0 Å². The van der Waals surface area contributed by atoms with Crippen molar-refractivity contribution in [2.45, 2.75) is 6.61 Å². The number of hydrogen-bond acceptors (Lipinski definition) is 6. The first-order valence-electron chi connectivity index (χ1n) is 6.18. The molecule has 0 saturated heterocycles. The maximum absolute atomic E-state index is 11.8. The number of carbonyl (C=O) groups is 1. The largest absolute Gasteiger partial charge is 0.456 e. The lowest BCUT2D eigenvalue weighted by Gasteiger charge is -2.01. The zero-order valence-corrected chi connectivity index (χ0v) is 13.5. The molecule has 3 heterocycles. The van der Waals surface area contributed by atoms with E-state index in [1.165, 1.54) is 34.0 Å². The highest BCUT2D eigenvalue weighted by Gasteiger charge is 2.05. The highest BCUT2D eigenvalue weighted by atomic mass is 79.9. The normalized spacial score (nSPS) is 11.3. The second-order valence-corrected chi connectivity index (χ2v) is 5.88. The van der Waals surface area contributed by atoms with Gasteiger partial charge in [-0.3, -0.25) is 9.20 Å². The molecule has 8 heteroatoms. The fourth-order valence-corrected chi connectivity index (χ4v) is 2.78. The van der Waals surface area contributed by atoms with Gasteiger partial charge in [0.15, 0.2) is 9.63 Å². The number of furan rings is 1. The molecule has 0 aromatic carbocycles. The summed E-state index contributed by atoms with van der Waals surface area (Å²) in [5, 5.41) is 1.77. The Balaban J connectivity index is 1.64. The Morgan fingerprint density at radius 3 is 3.14 bits per heavy atom. The van der Waals surface area contributed by atoms with E-state index in [0.717, 1.165) is 0 Å². The minimum Gasteiger partial charge on any atom is -0.456 e. The third-order valence-electron chi connectivity index (χ3n) is 2.70. The molecule has 0 saturated carbocycles. The third kappa shape index (κ3) is 3.34. The molecule has 0 N–H and O–H groups in total. The smallest absolute Gasteiger partial charge is 0.331 e. The first-order valence-corrected chi connectivity index (χ1v) is 7.85. The molecule has 0 spiro atoms. The van der Waals surface area contributed by atoms with Crippen molar-refractivity contribution in [3.05, 3.63) is 62.3 Å². The number of thiazole rings is 1. The van der Waals surface area contributed by atoms with Crippen LogP contribution in [0.25, 0.3) is 11.0 Å². The van der Waals surface area contributed by atoms with Gasteiger partial charge in [-0.25, -0.2) is 9.78 Å². The highest BCUT2D eigenvalue weighted by Crippen LogP contribution is 2.15. The van der Waals surface area contributed by atoms with E-state index < -0.39 is 5.97 Å². The van der Waals surface area contributed by atoms with Crippen LogP contribution in [0.15, 0.2) is 49.7 Å². The van der Waals surface area contributed by atoms with Gasteiger partial charge in [0, 0.05) is 23.7 Å². The van der Waals surface area contributed by atoms with Crippen LogP contribution in [0, 0.1) is 0 Å². The summed E-state index contributed by atoms with van der Waals surface area (Å²) in [6.07, 6.45) is 4.40. The molecule has 3 rings (SSSR count). The Labute approximate surface area is 136 Å². The van der Waals surface area contributed by atoms with Gasteiger partial charge >= 0.3 is 5.97 Å². The minimum absolute atomic E-state index is 0.0609. The monoisotopic (exact) mass is 380 g/mol. The van der Waals surface area contributed by atoms with Gasteiger partial charge < -0.3 is 9.15 Å². The van der Waals surface area contributed by atoms with Gasteiger partial charge in [0.25, 0.3) is 5.56 Å². The van der Waals surface area contributed by atoms with E-state index in [9.17, 15) is 9.59 Å². The summed E-state index contributed by atoms with van der Waals surface area (Å²) < 4.78 is 12.3. The molecule has 3 aromatic heterocycles. The van der Waals surface area contributed by atoms with Crippen LogP contribution in [-0.4, -0.2) is 15.4 Å². The summed E-state index contributed by atoms with van der Waals surface area (Å²) in [4.78, 5) is 28.2. The van der Waals surface area contributed by atoms with E-state index in [2.05, 4.69) is 20.9 Å². The molecule has 22 heavy (non-hydrogen) atoms. The van der Waals surface area contributed by atoms with Crippen LogP contribution in [0.3, 0.4) is 0 Å². The molecule has 0 radical (unpaired) electrons. The molecule has 0 fully saturated rings. The van der Waals surface area contributed by atoms with E-state index in [0.29, 0.717) is 21.1 Å². The van der Waals surface area contributed by atoms with E-state index in [1.54, 1.807) is 23.7 Å². The number of esters is 1. The van der Waals surface area contributed by atoms with Gasteiger partial charge in [0.05, 0.1) is 5.69 Å². The third-order valence-corrected chi connectivity index (χ3v) is 3.88. The zero-order valence-electron chi connectivity index (χ0n) is 11.1. The Morgan fingerprint density at radius 1 is 1.50 bits per heavy atom. The lowest BCUT2D eigenvalue weighted by atomic mass is 10.4. The van der Waals surface area contributed by atoms with Crippen molar-refractivity contribution in [3.8, 4) is 0 Å². The topological polar surface area (TPSA) is 73.8 Å². The van der Waals surface area contributed by atoms with E-state index >= 15 is 0 Å². The van der Waals surface area contributed by atoms with Crippen LogP contribution < -0.4 is 5.56 Å². The number of rotatable bonds is 4. The van der Waals surface area contributed by atoms with E-state index in [1.807, 2.05) is 0 Å². The SMILES string of the molecule is O=C(/C=C/c1ccc(Br)o1)OCc1cc(=O)n2ccsc2n1. The summed E-state index contributed by atoms with van der Waals surface area (Å²) >= 11 is 4.51. The highest BCUT2D eigenvalue weighted by molar-refractivity contribution is 9.10. The van der Waals surface area contributed by atoms with Gasteiger partial charge in [-0.05, 0) is 34.1 Å². The summed E-state index contributed by atoms with van der Waals surface area (Å²) in [6, 6.07) is 4.78. The Bertz CT molecular complexity index is 909. The number of ether oxygens (including phenoxy) is 1. The molecule has 0 bridgehead atoms. The van der Waals surface area contributed by atoms with Crippen molar-refractivity contribution < 1.29 is 13.9 Å². The van der Waals surface area contributed by atoms with Crippen molar-refractivity contribution in [1.82, 2.24) is 9.38 Å². The van der Waals surface area contributed by atoms with Crippen molar-refractivity contribution in [1.29, 1.82) is 0 Å². The number of fused-ring (bicyclic) bond motifs is 1. The van der Waals surface area contributed by atoms with Gasteiger partial charge in [-0.15, -0.1) is 11.3 Å². The van der Waals surface area contributed by atoms with Crippen molar-refractivity contribution in [2.75, 3.05) is 0 Å². The molecule has 3 aromatic rings. The first-order chi connectivity index (χ1) is 10.6. The predicted molar refractivity (Wildman–Crippen MR) is 84.6 cm³/mol. The molecule has 112 valence electrons. The number of halogens is 1. The number of carbonyl (C=O) groups excluding carboxylic acids is 1. The van der Waals surface area contributed by atoms with Crippen LogP contribution in [0.4, 0.5) is 0 Å². The van der Waals surface area contributed by atoms with Gasteiger partial charge in [-0.2, -0.15) is 0 Å². The molecule has 6 nitrogen and oxygen atoms in total. The molecule has 0 unspecified atom stereocenters. The molecular weight excluding hydrogens is 372 g/mol. The van der Waals surface area contributed by atoms with Gasteiger partial charge in [0.2, 0.25) is 0 Å². The molecule has 0 aliphatic heterocycles. The van der Waals surface area contributed by atoms with Crippen molar-refractivity contribution >= 4 is 44.3 Å². The predicted octanol–water partition coefficient (Wildman–Crippen LogP) is 2.87. The standard InChI is InChI=1S/C14H9BrN2O4S/c15-11-3-1-10(21-11)2-4-13(19)20-8-9-7-12(18)17-5-6-22-14(17)16-9/h1-7H,8H2/b4-2+. The average Bonchev–Trinajstić information content (AvgIpc) is 3.12. The Hall–Kier alpha value is -2.19. The second-order valence-electron chi connectivity index (χ2n) is 4.22. The van der Waals surface area contributed by atoms with Crippen LogP contribution in [0.2, 0.25) is 0 Å². The van der Waals surface area contributed by atoms with Crippen LogP contribution in [-0.2, 0) is 16.1 Å². The molecular formula is C14H9BrN2O4S. The maximum Gasteiger partial charge on any atom is 0.331 e. The number of nitrogens with zero attached hydrogens (tertiary/aromatic N) is 2. The van der Waals surface area contributed by atoms with Crippen molar-refractivity contribution in [2.24, 2.45) is 0 Å². The summed E-state index contributed by atoms with van der Waals surface area (Å²) in [7, 11) is 0. The molecule has 0 atom stereocenters. The Kier molecular flexibility index (Phi) is 4.21. The number of aromatic nitrogens is 2. The minimum atomic E-state index is -0.541. The molecule has 0 aliphatic rings. The number of hydrogen-bond donors (Lipinski definition) is 0. The Morgan fingerprint density at radius 2 is 2.36 bits per heavy atom. The molecule has 0 amide bonds. The molecule has 0 aliphatic carbocycles. The lowest BCUT2D eigenvalue weighted by molar-refractivity contribution is -0.139. The quantitative estimate of drug-likeness (QED) is 0.513. The first kappa shape index (κ1) is 14.7. The average molecular weight is 381 g/mol. The fourth-order valence-electron chi connectivity index (χ4n) is 1.72. The van der Waals surface area contributed by atoms with Gasteiger partial charge in [0.1, 0.15) is 12.4 Å². The summed E-state index contributed by atoms with van der Waals surface area (Å²) in [5.41, 5.74) is 0.211. The lowest BCUT2D eigenvalue weighted by Crippen LogP contribution is -2.14. The van der Waals surface area contributed by atoms with Crippen LogP contribution in [0.1, 0.15) is 11.5 Å². The maximum atomic E-state index is 11.8. The van der Waals surface area contributed by atoms with Gasteiger partial charge in [-0.1, -0.05) is 0 Å². The zero-order chi connectivity index (χ0) is 15.5. The summed E-state index contributed by atoms with van der Waals surface area (Å²) in [5.74, 6) is -0.0131. The fraction of sp³-hybridized carbons (Fsp3) is 0.0714. The summed E-state index contributed by atoms with van der Waals surface area (Å²) in [6.45, 7) is -0.0609. The van der Waals surface area contributed by atoms with E-state index in [-0.39, 0.29) is 12.2 Å².